The number of nitrogens with zero attached hydrogens (tertiary/aromatic N) is 4. The summed E-state index contributed by atoms with van der Waals surface area (Å²) in [6.07, 6.45) is 3.65. The molecule has 0 aliphatic heterocycles. The summed E-state index contributed by atoms with van der Waals surface area (Å²) in [7, 11) is 1.86. The summed E-state index contributed by atoms with van der Waals surface area (Å²) in [5.41, 5.74) is 4.21. The van der Waals surface area contributed by atoms with E-state index in [-0.39, 0.29) is 0 Å². The Balaban J connectivity index is 1.52. The molecule has 2 aromatic rings. The quantitative estimate of drug-likeness (QED) is 0.589. The van der Waals surface area contributed by atoms with Crippen molar-refractivity contribution < 1.29 is 4.74 Å². The molecular weight excluding hydrogens is 310 g/mol. The van der Waals surface area contributed by atoms with Gasteiger partial charge < -0.3 is 10.1 Å². The maximum atomic E-state index is 5.82. The fourth-order valence-corrected chi connectivity index (χ4v) is 3.61. The van der Waals surface area contributed by atoms with Gasteiger partial charge in [-0.05, 0) is 53.8 Å². The third kappa shape index (κ3) is 4.03. The third-order valence-corrected chi connectivity index (χ3v) is 4.99. The number of thioether (sulfide) groups is 1. The van der Waals surface area contributed by atoms with E-state index in [4.69, 9.17) is 4.74 Å². The van der Waals surface area contributed by atoms with Crippen molar-refractivity contribution in [3.8, 4) is 5.75 Å². The maximum Gasteiger partial charge on any atom is 0.209 e. The van der Waals surface area contributed by atoms with Gasteiger partial charge in [-0.1, -0.05) is 17.8 Å². The first-order valence-electron chi connectivity index (χ1n) is 8.11. The van der Waals surface area contributed by atoms with Gasteiger partial charge in [0.2, 0.25) is 5.16 Å². The smallest absolute Gasteiger partial charge is 0.209 e. The minimum Gasteiger partial charge on any atom is -0.494 e. The van der Waals surface area contributed by atoms with Crippen LogP contribution in [0.5, 0.6) is 5.75 Å². The number of hydrogen-bond donors (Lipinski definition) is 1. The lowest BCUT2D eigenvalue weighted by molar-refractivity contribution is 0.335. The van der Waals surface area contributed by atoms with E-state index in [1.165, 1.54) is 36.0 Å². The van der Waals surface area contributed by atoms with Crippen LogP contribution in [0.1, 0.15) is 30.0 Å². The standard InChI is InChI=1S/C16H23N5OS/c1-3-22-15-10-13-6-4-5-12(13)9-14(15)11-17-7-8-23-16-18-19-20-21(16)2/h9-10,17H,3-8,11H2,1-2H3. The molecule has 6 nitrogen and oxygen atoms in total. The van der Waals surface area contributed by atoms with Gasteiger partial charge in [-0.3, -0.25) is 0 Å². The van der Waals surface area contributed by atoms with Crippen molar-refractivity contribution in [2.24, 2.45) is 7.05 Å². The minimum absolute atomic E-state index is 0.709. The van der Waals surface area contributed by atoms with E-state index >= 15 is 0 Å². The number of fused-ring (bicyclic) bond motifs is 1. The van der Waals surface area contributed by atoms with E-state index < -0.39 is 0 Å². The van der Waals surface area contributed by atoms with Crippen molar-refractivity contribution in [3.63, 3.8) is 0 Å². The molecule has 0 radical (unpaired) electrons. The maximum absolute atomic E-state index is 5.82. The summed E-state index contributed by atoms with van der Waals surface area (Å²) < 4.78 is 7.51. The van der Waals surface area contributed by atoms with Gasteiger partial charge in [0.15, 0.2) is 0 Å². The summed E-state index contributed by atoms with van der Waals surface area (Å²) in [6, 6.07) is 4.56. The predicted molar refractivity (Wildman–Crippen MR) is 90.9 cm³/mol. The molecule has 124 valence electrons. The van der Waals surface area contributed by atoms with Crippen LogP contribution in [0, 0.1) is 0 Å². The Labute approximate surface area is 141 Å². The van der Waals surface area contributed by atoms with Gasteiger partial charge >= 0.3 is 0 Å². The zero-order valence-corrected chi connectivity index (χ0v) is 14.5. The highest BCUT2D eigenvalue weighted by molar-refractivity contribution is 7.99. The Hall–Kier alpha value is -1.60. The SMILES string of the molecule is CCOc1cc2c(cc1CNCCSc1nnnn1C)CCC2. The highest BCUT2D eigenvalue weighted by atomic mass is 32.2. The number of hydrogen-bond acceptors (Lipinski definition) is 6. The topological polar surface area (TPSA) is 64.9 Å². The first kappa shape index (κ1) is 16.3. The van der Waals surface area contributed by atoms with E-state index in [1.54, 1.807) is 16.4 Å². The summed E-state index contributed by atoms with van der Waals surface area (Å²) in [4.78, 5) is 0. The Kier molecular flexibility index (Phi) is 5.51. The molecule has 0 unspecified atom stereocenters. The zero-order chi connectivity index (χ0) is 16.1. The molecule has 0 bridgehead atoms. The van der Waals surface area contributed by atoms with E-state index in [0.29, 0.717) is 6.61 Å². The number of tetrazole rings is 1. The van der Waals surface area contributed by atoms with E-state index in [2.05, 4.69) is 33.0 Å². The average molecular weight is 333 g/mol. The molecule has 1 aliphatic rings. The molecule has 1 aromatic heterocycles. The first-order chi connectivity index (χ1) is 11.3. The third-order valence-electron chi connectivity index (χ3n) is 3.98. The van der Waals surface area contributed by atoms with Gasteiger partial charge in [-0.15, -0.1) is 5.10 Å². The van der Waals surface area contributed by atoms with Crippen molar-refractivity contribution in [2.75, 3.05) is 18.9 Å². The Morgan fingerprint density at radius 3 is 2.87 bits per heavy atom. The van der Waals surface area contributed by atoms with Crippen molar-refractivity contribution >= 4 is 11.8 Å². The number of rotatable bonds is 8. The second-order valence-corrected chi connectivity index (χ2v) is 6.69. The molecule has 0 spiro atoms. The van der Waals surface area contributed by atoms with E-state index in [0.717, 1.165) is 29.7 Å². The normalized spacial score (nSPS) is 13.3. The van der Waals surface area contributed by atoms with Gasteiger partial charge in [-0.25, -0.2) is 4.68 Å². The van der Waals surface area contributed by atoms with Crippen LogP contribution in [0.2, 0.25) is 0 Å². The monoisotopic (exact) mass is 333 g/mol. The van der Waals surface area contributed by atoms with Crippen molar-refractivity contribution in [2.45, 2.75) is 37.9 Å². The Morgan fingerprint density at radius 2 is 2.13 bits per heavy atom. The molecule has 7 heteroatoms. The van der Waals surface area contributed by atoms with Crippen LogP contribution in [-0.4, -0.2) is 39.1 Å². The molecule has 1 aromatic carbocycles. The predicted octanol–water partition coefficient (Wildman–Crippen LogP) is 1.98. The number of benzene rings is 1. The van der Waals surface area contributed by atoms with Crippen molar-refractivity contribution in [1.82, 2.24) is 25.5 Å². The van der Waals surface area contributed by atoms with Gasteiger partial charge in [-0.2, -0.15) is 0 Å². The van der Waals surface area contributed by atoms with Gasteiger partial charge in [0.1, 0.15) is 5.75 Å². The summed E-state index contributed by atoms with van der Waals surface area (Å²) in [5, 5.41) is 15.8. The molecule has 3 rings (SSSR count). The summed E-state index contributed by atoms with van der Waals surface area (Å²) >= 11 is 1.66. The molecule has 0 saturated heterocycles. The highest BCUT2D eigenvalue weighted by Gasteiger charge is 2.15. The van der Waals surface area contributed by atoms with Gasteiger partial charge in [0, 0.05) is 31.5 Å². The molecule has 23 heavy (non-hydrogen) atoms. The van der Waals surface area contributed by atoms with Crippen LogP contribution < -0.4 is 10.1 Å². The average Bonchev–Trinajstić information content (AvgIpc) is 3.16. The molecule has 1 N–H and O–H groups in total. The van der Waals surface area contributed by atoms with E-state index in [1.807, 2.05) is 14.0 Å². The van der Waals surface area contributed by atoms with Crippen LogP contribution in [0.25, 0.3) is 0 Å². The van der Waals surface area contributed by atoms with Crippen LogP contribution in [0.4, 0.5) is 0 Å². The zero-order valence-electron chi connectivity index (χ0n) is 13.7. The second kappa shape index (κ2) is 7.79. The molecular formula is C16H23N5OS. The molecule has 0 fully saturated rings. The minimum atomic E-state index is 0.709. The lowest BCUT2D eigenvalue weighted by Gasteiger charge is -2.13. The van der Waals surface area contributed by atoms with Crippen LogP contribution >= 0.6 is 11.8 Å². The fraction of sp³-hybridized carbons (Fsp3) is 0.562. The number of nitrogens with one attached hydrogen (secondary N) is 1. The Bertz CT molecular complexity index is 658. The summed E-state index contributed by atoms with van der Waals surface area (Å²) in [6.45, 7) is 4.48. The van der Waals surface area contributed by atoms with Crippen LogP contribution in [-0.2, 0) is 26.4 Å². The molecule has 0 amide bonds. The first-order valence-corrected chi connectivity index (χ1v) is 9.10. The number of aromatic nitrogens is 4. The molecule has 1 heterocycles. The molecule has 0 saturated carbocycles. The Morgan fingerprint density at radius 1 is 1.30 bits per heavy atom. The fourth-order valence-electron chi connectivity index (χ4n) is 2.86. The van der Waals surface area contributed by atoms with Crippen molar-refractivity contribution in [1.29, 1.82) is 0 Å². The second-order valence-electron chi connectivity index (χ2n) is 5.63. The van der Waals surface area contributed by atoms with Crippen molar-refractivity contribution in [3.05, 3.63) is 28.8 Å². The number of aryl methyl sites for hydroxylation is 3. The van der Waals surface area contributed by atoms with Crippen LogP contribution in [0.15, 0.2) is 17.3 Å². The number of ether oxygens (including phenoxy) is 1. The van der Waals surface area contributed by atoms with E-state index in [9.17, 15) is 0 Å². The molecule has 1 aliphatic carbocycles. The molecule has 0 atom stereocenters. The van der Waals surface area contributed by atoms with Gasteiger partial charge in [0.05, 0.1) is 6.61 Å². The largest absolute Gasteiger partial charge is 0.494 e. The highest BCUT2D eigenvalue weighted by Crippen LogP contribution is 2.30. The summed E-state index contributed by atoms with van der Waals surface area (Å²) in [5.74, 6) is 1.97. The lowest BCUT2D eigenvalue weighted by atomic mass is 10.0. The lowest BCUT2D eigenvalue weighted by Crippen LogP contribution is -2.17. The van der Waals surface area contributed by atoms with Crippen LogP contribution in [0.3, 0.4) is 0 Å². The van der Waals surface area contributed by atoms with Gasteiger partial charge in [0.25, 0.3) is 0 Å².